The number of amides is 1. The molecular weight excluding hydrogens is 480 g/mol. The fourth-order valence-corrected chi connectivity index (χ4v) is 5.59. The zero-order chi connectivity index (χ0) is 26.3. The van der Waals surface area contributed by atoms with Crippen LogP contribution in [0.1, 0.15) is 39.0 Å². The number of rotatable bonds is 10. The van der Waals surface area contributed by atoms with E-state index in [9.17, 15) is 13.2 Å². The van der Waals surface area contributed by atoms with Crippen molar-refractivity contribution in [3.05, 3.63) is 131 Å². The Morgan fingerprint density at radius 1 is 0.730 bits per heavy atom. The van der Waals surface area contributed by atoms with Crippen LogP contribution in [0, 0.1) is 13.8 Å². The number of carbonyl (C=O) groups is 1. The first-order chi connectivity index (χ1) is 17.8. The number of hydrogen-bond donors (Lipinski definition) is 1. The van der Waals surface area contributed by atoms with Gasteiger partial charge in [0, 0.05) is 6.54 Å². The standard InChI is InChI=1S/C31H32N2O3S/c1-24-14-18-26(19-15-24)11-8-22-32-31(34)29-12-6-7-13-30(29)33(23-27-9-4-3-5-10-27)37(35,36)28-20-16-25(2)17-21-28/h3-7,9-10,12-21H,8,11,22-23H2,1-2H3,(H,32,34). The molecule has 0 aromatic heterocycles. The van der Waals surface area contributed by atoms with Crippen LogP contribution in [-0.4, -0.2) is 20.9 Å². The van der Waals surface area contributed by atoms with E-state index in [2.05, 4.69) is 36.5 Å². The number of hydrogen-bond acceptors (Lipinski definition) is 3. The highest BCUT2D eigenvalue weighted by atomic mass is 32.2. The molecule has 0 aliphatic carbocycles. The number of nitrogens with one attached hydrogen (secondary N) is 1. The summed E-state index contributed by atoms with van der Waals surface area (Å²) in [5.41, 5.74) is 4.91. The number of aryl methyl sites for hydroxylation is 3. The fraction of sp³-hybridized carbons (Fsp3) is 0.194. The van der Waals surface area contributed by atoms with E-state index in [1.807, 2.05) is 37.3 Å². The number of benzene rings is 4. The molecule has 0 aliphatic heterocycles. The molecule has 0 unspecified atom stereocenters. The van der Waals surface area contributed by atoms with Gasteiger partial charge >= 0.3 is 0 Å². The first-order valence-corrected chi connectivity index (χ1v) is 13.8. The van der Waals surface area contributed by atoms with Crippen molar-refractivity contribution in [1.29, 1.82) is 0 Å². The van der Waals surface area contributed by atoms with Gasteiger partial charge in [-0.2, -0.15) is 0 Å². The minimum atomic E-state index is -3.94. The summed E-state index contributed by atoms with van der Waals surface area (Å²) in [5, 5.41) is 2.98. The van der Waals surface area contributed by atoms with Crippen molar-refractivity contribution in [3.8, 4) is 0 Å². The van der Waals surface area contributed by atoms with Crippen molar-refractivity contribution in [2.24, 2.45) is 0 Å². The fourth-order valence-electron chi connectivity index (χ4n) is 4.11. The lowest BCUT2D eigenvalue weighted by atomic mass is 10.1. The topological polar surface area (TPSA) is 66.5 Å². The molecule has 37 heavy (non-hydrogen) atoms. The summed E-state index contributed by atoms with van der Waals surface area (Å²) in [5.74, 6) is -0.295. The van der Waals surface area contributed by atoms with Crippen LogP contribution >= 0.6 is 0 Å². The normalized spacial score (nSPS) is 11.2. The zero-order valence-corrected chi connectivity index (χ0v) is 22.0. The lowest BCUT2D eigenvalue weighted by Gasteiger charge is -2.26. The van der Waals surface area contributed by atoms with Crippen molar-refractivity contribution in [1.82, 2.24) is 5.32 Å². The molecule has 0 heterocycles. The van der Waals surface area contributed by atoms with Gasteiger partial charge in [-0.15, -0.1) is 0 Å². The largest absolute Gasteiger partial charge is 0.352 e. The number of anilines is 1. The van der Waals surface area contributed by atoms with Gasteiger partial charge in [-0.1, -0.05) is 90.0 Å². The van der Waals surface area contributed by atoms with Gasteiger partial charge in [0.25, 0.3) is 15.9 Å². The Labute approximate surface area is 219 Å². The second-order valence-electron chi connectivity index (χ2n) is 9.17. The summed E-state index contributed by atoms with van der Waals surface area (Å²) in [7, 11) is -3.94. The quantitative estimate of drug-likeness (QED) is 0.263. The van der Waals surface area contributed by atoms with Crippen LogP contribution in [-0.2, 0) is 23.0 Å². The van der Waals surface area contributed by atoms with Crippen molar-refractivity contribution in [2.75, 3.05) is 10.8 Å². The molecule has 5 nitrogen and oxygen atoms in total. The van der Waals surface area contributed by atoms with Gasteiger partial charge in [0.15, 0.2) is 0 Å². The molecule has 0 spiro atoms. The first kappa shape index (κ1) is 26.2. The molecule has 0 atom stereocenters. The van der Waals surface area contributed by atoms with Gasteiger partial charge in [0.2, 0.25) is 0 Å². The average Bonchev–Trinajstić information content (AvgIpc) is 2.91. The molecule has 4 aromatic rings. The zero-order valence-electron chi connectivity index (χ0n) is 21.2. The van der Waals surface area contributed by atoms with E-state index in [4.69, 9.17) is 0 Å². The van der Waals surface area contributed by atoms with E-state index in [0.717, 1.165) is 24.0 Å². The van der Waals surface area contributed by atoms with Crippen LogP contribution in [0.15, 0.2) is 108 Å². The molecule has 0 saturated heterocycles. The van der Waals surface area contributed by atoms with E-state index >= 15 is 0 Å². The Morgan fingerprint density at radius 3 is 2.00 bits per heavy atom. The highest BCUT2D eigenvalue weighted by Gasteiger charge is 2.28. The summed E-state index contributed by atoms with van der Waals surface area (Å²) in [4.78, 5) is 13.4. The number of sulfonamides is 1. The number of carbonyl (C=O) groups excluding carboxylic acids is 1. The summed E-state index contributed by atoms with van der Waals surface area (Å²) >= 11 is 0. The van der Waals surface area contributed by atoms with Crippen molar-refractivity contribution >= 4 is 21.6 Å². The van der Waals surface area contributed by atoms with Crippen molar-refractivity contribution < 1.29 is 13.2 Å². The monoisotopic (exact) mass is 512 g/mol. The Bertz CT molecular complexity index is 1430. The van der Waals surface area contributed by atoms with Crippen LogP contribution in [0.5, 0.6) is 0 Å². The molecule has 6 heteroatoms. The minimum absolute atomic E-state index is 0.106. The maximum atomic E-state index is 13.9. The summed E-state index contributed by atoms with van der Waals surface area (Å²) in [6.45, 7) is 4.57. The molecule has 4 rings (SSSR count). The predicted molar refractivity (Wildman–Crippen MR) is 149 cm³/mol. The molecule has 0 aliphatic rings. The molecular formula is C31H32N2O3S. The predicted octanol–water partition coefficient (Wildman–Crippen LogP) is 6.06. The smallest absolute Gasteiger partial charge is 0.264 e. The summed E-state index contributed by atoms with van der Waals surface area (Å²) < 4.78 is 29.0. The Hall–Kier alpha value is -3.90. The van der Waals surface area contributed by atoms with Crippen LogP contribution in [0.25, 0.3) is 0 Å². The maximum Gasteiger partial charge on any atom is 0.264 e. The van der Waals surface area contributed by atoms with Crippen LogP contribution < -0.4 is 9.62 Å². The minimum Gasteiger partial charge on any atom is -0.352 e. The molecule has 0 saturated carbocycles. The Morgan fingerprint density at radius 2 is 1.32 bits per heavy atom. The third kappa shape index (κ3) is 6.66. The van der Waals surface area contributed by atoms with Gasteiger partial charge in [-0.05, 0) is 62.1 Å². The highest BCUT2D eigenvalue weighted by Crippen LogP contribution is 2.29. The first-order valence-electron chi connectivity index (χ1n) is 12.4. The molecule has 0 fully saturated rings. The molecule has 1 amide bonds. The van der Waals surface area contributed by atoms with Crippen molar-refractivity contribution in [3.63, 3.8) is 0 Å². The lowest BCUT2D eigenvalue weighted by Crippen LogP contribution is -2.33. The lowest BCUT2D eigenvalue weighted by molar-refractivity contribution is 0.0954. The molecule has 0 radical (unpaired) electrons. The molecule has 190 valence electrons. The van der Waals surface area contributed by atoms with Crippen molar-refractivity contribution in [2.45, 2.75) is 38.1 Å². The van der Waals surface area contributed by atoms with Gasteiger partial charge in [-0.3, -0.25) is 9.10 Å². The second-order valence-corrected chi connectivity index (χ2v) is 11.0. The number of nitrogens with zero attached hydrogens (tertiary/aromatic N) is 1. The molecule has 1 N–H and O–H groups in total. The van der Waals surface area contributed by atoms with Gasteiger partial charge < -0.3 is 5.32 Å². The van der Waals surface area contributed by atoms with E-state index in [1.54, 1.807) is 48.5 Å². The van der Waals surface area contributed by atoms with Crippen LogP contribution in [0.3, 0.4) is 0 Å². The Balaban J connectivity index is 1.59. The SMILES string of the molecule is Cc1ccc(CCCNC(=O)c2ccccc2N(Cc2ccccc2)S(=O)(=O)c2ccc(C)cc2)cc1. The van der Waals surface area contributed by atoms with Crippen LogP contribution in [0.4, 0.5) is 5.69 Å². The summed E-state index contributed by atoms with van der Waals surface area (Å²) in [6.07, 6.45) is 1.64. The molecule has 0 bridgehead atoms. The number of para-hydroxylation sites is 1. The van der Waals surface area contributed by atoms with E-state index < -0.39 is 10.0 Å². The highest BCUT2D eigenvalue weighted by molar-refractivity contribution is 7.92. The average molecular weight is 513 g/mol. The van der Waals surface area contributed by atoms with E-state index in [1.165, 1.54) is 15.4 Å². The Kier molecular flexibility index (Phi) is 8.41. The summed E-state index contributed by atoms with van der Waals surface area (Å²) in [6, 6.07) is 31.4. The van der Waals surface area contributed by atoms with Gasteiger partial charge in [-0.25, -0.2) is 8.42 Å². The van der Waals surface area contributed by atoms with Gasteiger partial charge in [0.1, 0.15) is 0 Å². The second kappa shape index (κ2) is 11.9. The van der Waals surface area contributed by atoms with E-state index in [-0.39, 0.29) is 17.3 Å². The third-order valence-corrected chi connectivity index (χ3v) is 8.02. The third-order valence-electron chi connectivity index (χ3n) is 6.24. The van der Waals surface area contributed by atoms with E-state index in [0.29, 0.717) is 17.8 Å². The molecule has 4 aromatic carbocycles. The maximum absolute atomic E-state index is 13.9. The van der Waals surface area contributed by atoms with Gasteiger partial charge in [0.05, 0.1) is 22.7 Å². The van der Waals surface area contributed by atoms with Crippen LogP contribution in [0.2, 0.25) is 0 Å².